The fourth-order valence-corrected chi connectivity index (χ4v) is 3.07. The first-order chi connectivity index (χ1) is 11.6. The molecule has 4 rings (SSSR count). The van der Waals surface area contributed by atoms with Gasteiger partial charge >= 0.3 is 0 Å². The summed E-state index contributed by atoms with van der Waals surface area (Å²) in [6.45, 7) is 3.32. The monoisotopic (exact) mass is 329 g/mol. The number of nitrogens with two attached hydrogens (primary N) is 1. The number of aliphatic hydroxyl groups is 1. The Bertz CT molecular complexity index is 847. The van der Waals surface area contributed by atoms with Crippen molar-refractivity contribution in [2.45, 2.75) is 31.9 Å². The summed E-state index contributed by atoms with van der Waals surface area (Å²) in [5.41, 5.74) is 7.77. The molecule has 1 atom stereocenters. The second kappa shape index (κ2) is 5.71. The van der Waals surface area contributed by atoms with Gasteiger partial charge < -0.3 is 20.7 Å². The molecule has 0 bridgehead atoms. The summed E-state index contributed by atoms with van der Waals surface area (Å²) in [6.07, 6.45) is 4.63. The molecule has 126 valence electrons. The van der Waals surface area contributed by atoms with Crippen molar-refractivity contribution in [3.8, 4) is 0 Å². The third kappa shape index (κ3) is 2.54. The van der Waals surface area contributed by atoms with Gasteiger partial charge in [-0.15, -0.1) is 5.10 Å². The number of nitrogen functional groups attached to an aromatic ring is 1. The molecule has 0 spiro atoms. The summed E-state index contributed by atoms with van der Waals surface area (Å²) in [5, 5.41) is 17.7. The molecular formula is C14H19N9O. The van der Waals surface area contributed by atoms with Crippen LogP contribution in [0.2, 0.25) is 0 Å². The number of aliphatic hydroxyl groups excluding tert-OH is 1. The summed E-state index contributed by atoms with van der Waals surface area (Å²) in [4.78, 5) is 17.9. The van der Waals surface area contributed by atoms with Gasteiger partial charge in [0.2, 0.25) is 5.95 Å². The molecule has 0 radical (unpaired) electrons. The quantitative estimate of drug-likeness (QED) is 0.629. The Labute approximate surface area is 137 Å². The number of rotatable bonds is 3. The van der Waals surface area contributed by atoms with E-state index in [2.05, 4.69) is 35.1 Å². The van der Waals surface area contributed by atoms with Crippen LogP contribution < -0.4 is 10.6 Å². The Morgan fingerprint density at radius 3 is 2.83 bits per heavy atom. The number of aromatic amines is 1. The summed E-state index contributed by atoms with van der Waals surface area (Å²) in [5.74, 6) is 1.02. The topological polar surface area (TPSA) is 135 Å². The van der Waals surface area contributed by atoms with Gasteiger partial charge in [0, 0.05) is 13.1 Å². The zero-order valence-electron chi connectivity index (χ0n) is 13.3. The number of anilines is 2. The second-order valence-electron chi connectivity index (χ2n) is 6.02. The van der Waals surface area contributed by atoms with E-state index in [0.717, 1.165) is 37.3 Å². The minimum Gasteiger partial charge on any atom is -0.387 e. The molecule has 10 nitrogen and oxygen atoms in total. The van der Waals surface area contributed by atoms with E-state index >= 15 is 0 Å². The van der Waals surface area contributed by atoms with E-state index in [4.69, 9.17) is 5.73 Å². The highest BCUT2D eigenvalue weighted by molar-refractivity contribution is 5.84. The molecule has 0 aromatic carbocycles. The fraction of sp³-hybridized carbons (Fsp3) is 0.500. The molecule has 1 fully saturated rings. The van der Waals surface area contributed by atoms with E-state index in [1.807, 2.05) is 10.9 Å². The SMILES string of the molecule is CC(O)c1cn(C2CCN(c3nc(N)nc4nc[nH]c34)CC2)nn1. The normalized spacial score (nSPS) is 17.5. The molecule has 4 heterocycles. The summed E-state index contributed by atoms with van der Waals surface area (Å²) < 4.78 is 1.85. The highest BCUT2D eigenvalue weighted by atomic mass is 16.3. The van der Waals surface area contributed by atoms with Gasteiger partial charge in [0.05, 0.1) is 24.7 Å². The maximum atomic E-state index is 9.57. The Kier molecular flexibility index (Phi) is 3.53. The molecule has 1 aliphatic rings. The molecule has 10 heteroatoms. The van der Waals surface area contributed by atoms with Crippen molar-refractivity contribution in [2.75, 3.05) is 23.7 Å². The highest BCUT2D eigenvalue weighted by Crippen LogP contribution is 2.28. The largest absolute Gasteiger partial charge is 0.387 e. The summed E-state index contributed by atoms with van der Waals surface area (Å²) in [6, 6.07) is 0.262. The number of imidazole rings is 1. The number of hydrogen-bond acceptors (Lipinski definition) is 8. The molecule has 1 unspecified atom stereocenters. The number of hydrogen-bond donors (Lipinski definition) is 3. The summed E-state index contributed by atoms with van der Waals surface area (Å²) >= 11 is 0. The lowest BCUT2D eigenvalue weighted by atomic mass is 10.1. The van der Waals surface area contributed by atoms with Crippen molar-refractivity contribution in [3.63, 3.8) is 0 Å². The van der Waals surface area contributed by atoms with Crippen LogP contribution in [0.1, 0.15) is 37.6 Å². The maximum absolute atomic E-state index is 9.57. The first-order valence-corrected chi connectivity index (χ1v) is 7.93. The molecule has 1 saturated heterocycles. The van der Waals surface area contributed by atoms with Crippen molar-refractivity contribution in [2.24, 2.45) is 0 Å². The van der Waals surface area contributed by atoms with Crippen LogP contribution in [0.4, 0.5) is 11.8 Å². The molecule has 3 aromatic rings. The minimum atomic E-state index is -0.600. The van der Waals surface area contributed by atoms with Crippen LogP contribution in [0, 0.1) is 0 Å². The molecule has 0 amide bonds. The van der Waals surface area contributed by atoms with Crippen LogP contribution in [0.15, 0.2) is 12.5 Å². The van der Waals surface area contributed by atoms with Gasteiger partial charge in [-0.05, 0) is 19.8 Å². The third-order valence-corrected chi connectivity index (χ3v) is 4.38. The Morgan fingerprint density at radius 1 is 1.33 bits per heavy atom. The predicted molar refractivity (Wildman–Crippen MR) is 87.2 cm³/mol. The van der Waals surface area contributed by atoms with Gasteiger partial charge in [-0.25, -0.2) is 9.67 Å². The molecule has 24 heavy (non-hydrogen) atoms. The van der Waals surface area contributed by atoms with Crippen LogP contribution in [0.25, 0.3) is 11.2 Å². The first kappa shape index (κ1) is 14.8. The van der Waals surface area contributed by atoms with Crippen molar-refractivity contribution < 1.29 is 5.11 Å². The Morgan fingerprint density at radius 2 is 2.12 bits per heavy atom. The zero-order chi connectivity index (χ0) is 16.7. The Balaban J connectivity index is 1.52. The van der Waals surface area contributed by atoms with Crippen LogP contribution in [0.5, 0.6) is 0 Å². The Hall–Kier alpha value is -2.75. The molecule has 0 aliphatic carbocycles. The van der Waals surface area contributed by atoms with Gasteiger partial charge in [0.15, 0.2) is 11.5 Å². The van der Waals surface area contributed by atoms with E-state index < -0.39 is 6.10 Å². The zero-order valence-corrected chi connectivity index (χ0v) is 13.3. The van der Waals surface area contributed by atoms with Gasteiger partial charge in [0.1, 0.15) is 11.2 Å². The van der Waals surface area contributed by atoms with Gasteiger partial charge in [0.25, 0.3) is 0 Å². The van der Waals surface area contributed by atoms with Crippen LogP contribution >= 0.6 is 0 Å². The number of H-pyrrole nitrogens is 1. The van der Waals surface area contributed by atoms with E-state index in [1.165, 1.54) is 0 Å². The van der Waals surface area contributed by atoms with Gasteiger partial charge in [-0.2, -0.15) is 9.97 Å². The van der Waals surface area contributed by atoms with Crippen molar-refractivity contribution >= 4 is 22.9 Å². The number of nitrogens with zero attached hydrogens (tertiary/aromatic N) is 7. The van der Waals surface area contributed by atoms with E-state index in [9.17, 15) is 5.11 Å². The molecular weight excluding hydrogens is 310 g/mol. The fourth-order valence-electron chi connectivity index (χ4n) is 3.07. The van der Waals surface area contributed by atoms with E-state index in [0.29, 0.717) is 11.3 Å². The third-order valence-electron chi connectivity index (χ3n) is 4.38. The average molecular weight is 329 g/mol. The summed E-state index contributed by atoms with van der Waals surface area (Å²) in [7, 11) is 0. The standard InChI is InChI=1S/C14H19N9O/c1-8(24)10-6-23(21-20-10)9-2-4-22(5-3-9)13-11-12(17-7-16-11)18-14(15)19-13/h6-9,24H,2-5H2,1H3,(H3,15,16,17,18,19). The molecule has 0 saturated carbocycles. The predicted octanol–water partition coefficient (Wildman–Crippen LogP) is 0.421. The number of aromatic nitrogens is 7. The van der Waals surface area contributed by atoms with Crippen LogP contribution in [-0.2, 0) is 0 Å². The highest BCUT2D eigenvalue weighted by Gasteiger charge is 2.25. The van der Waals surface area contributed by atoms with Crippen molar-refractivity contribution in [3.05, 3.63) is 18.2 Å². The number of piperidine rings is 1. The van der Waals surface area contributed by atoms with E-state index in [-0.39, 0.29) is 12.0 Å². The minimum absolute atomic E-state index is 0.226. The van der Waals surface area contributed by atoms with E-state index in [1.54, 1.807) is 13.3 Å². The number of nitrogens with one attached hydrogen (secondary N) is 1. The second-order valence-corrected chi connectivity index (χ2v) is 6.02. The average Bonchev–Trinajstić information content (AvgIpc) is 3.23. The number of fused-ring (bicyclic) bond motifs is 1. The first-order valence-electron chi connectivity index (χ1n) is 7.93. The lowest BCUT2D eigenvalue weighted by molar-refractivity contribution is 0.194. The van der Waals surface area contributed by atoms with Crippen molar-refractivity contribution in [1.29, 1.82) is 0 Å². The smallest absolute Gasteiger partial charge is 0.224 e. The van der Waals surface area contributed by atoms with Gasteiger partial charge in [-0.3, -0.25) is 0 Å². The van der Waals surface area contributed by atoms with Crippen LogP contribution in [0.3, 0.4) is 0 Å². The van der Waals surface area contributed by atoms with Crippen molar-refractivity contribution in [1.82, 2.24) is 34.9 Å². The van der Waals surface area contributed by atoms with Gasteiger partial charge in [-0.1, -0.05) is 5.21 Å². The maximum Gasteiger partial charge on any atom is 0.224 e. The lowest BCUT2D eigenvalue weighted by Crippen LogP contribution is -2.35. The molecule has 3 aromatic heterocycles. The van der Waals surface area contributed by atoms with Crippen LogP contribution in [-0.4, -0.2) is 53.1 Å². The molecule has 1 aliphatic heterocycles. The molecule has 4 N–H and O–H groups in total. The lowest BCUT2D eigenvalue weighted by Gasteiger charge is -2.32.